The largest absolute Gasteiger partial charge is 0.379 e. The summed E-state index contributed by atoms with van der Waals surface area (Å²) in [6.45, 7) is 12.2. The van der Waals surface area contributed by atoms with Crippen molar-refractivity contribution in [2.24, 2.45) is 10.7 Å². The van der Waals surface area contributed by atoms with Crippen LogP contribution in [0.25, 0.3) is 0 Å². The lowest BCUT2D eigenvalue weighted by molar-refractivity contribution is -0.0212. The van der Waals surface area contributed by atoms with Gasteiger partial charge in [-0.2, -0.15) is 0 Å². The molecular formula is C21H36IN5O2. The number of nitrogens with zero attached hydrogens (tertiary/aromatic N) is 3. The van der Waals surface area contributed by atoms with Crippen LogP contribution in [0.2, 0.25) is 0 Å². The minimum absolute atomic E-state index is 0. The fraction of sp³-hybridized carbons (Fsp3) is 0.667. The van der Waals surface area contributed by atoms with Crippen molar-refractivity contribution in [1.29, 1.82) is 0 Å². The standard InChI is InChI=1S/C21H35N5O2.HI/c1-18-16-26(10-13-28-18)17-20-5-2-4-19(14-20)15-24-21(22)23-6-3-7-25-8-11-27-12-9-25;/h2,4-5,14,18H,3,6-13,15-17H2,1H3,(H3,22,23,24);1H. The van der Waals surface area contributed by atoms with E-state index in [4.69, 9.17) is 15.2 Å². The van der Waals surface area contributed by atoms with Crippen LogP contribution in [0.1, 0.15) is 24.5 Å². The normalized spacial score (nSPS) is 21.6. The number of hydrogen-bond donors (Lipinski definition) is 2. The van der Waals surface area contributed by atoms with E-state index in [2.05, 4.69) is 51.3 Å². The van der Waals surface area contributed by atoms with E-state index in [1.54, 1.807) is 0 Å². The monoisotopic (exact) mass is 517 g/mol. The zero-order valence-corrected chi connectivity index (χ0v) is 19.8. The van der Waals surface area contributed by atoms with E-state index in [0.717, 1.165) is 72.1 Å². The molecule has 0 saturated carbocycles. The fourth-order valence-corrected chi connectivity index (χ4v) is 3.70. The van der Waals surface area contributed by atoms with E-state index < -0.39 is 0 Å². The van der Waals surface area contributed by atoms with Crippen molar-refractivity contribution < 1.29 is 9.47 Å². The highest BCUT2D eigenvalue weighted by Crippen LogP contribution is 2.12. The molecule has 29 heavy (non-hydrogen) atoms. The van der Waals surface area contributed by atoms with Crippen molar-refractivity contribution >= 4 is 29.9 Å². The van der Waals surface area contributed by atoms with Crippen molar-refractivity contribution in [1.82, 2.24) is 15.1 Å². The van der Waals surface area contributed by atoms with Gasteiger partial charge in [0.1, 0.15) is 0 Å². The van der Waals surface area contributed by atoms with Gasteiger partial charge >= 0.3 is 0 Å². The third-order valence-electron chi connectivity index (χ3n) is 5.22. The van der Waals surface area contributed by atoms with Gasteiger partial charge in [-0.05, 0) is 31.0 Å². The highest BCUT2D eigenvalue weighted by molar-refractivity contribution is 14.0. The van der Waals surface area contributed by atoms with Gasteiger partial charge in [-0.3, -0.25) is 9.80 Å². The number of nitrogens with two attached hydrogens (primary N) is 1. The predicted octanol–water partition coefficient (Wildman–Crippen LogP) is 1.65. The van der Waals surface area contributed by atoms with Crippen molar-refractivity contribution in [2.75, 3.05) is 59.1 Å². The summed E-state index contributed by atoms with van der Waals surface area (Å²) in [6, 6.07) is 8.63. The van der Waals surface area contributed by atoms with Gasteiger partial charge in [0, 0.05) is 39.3 Å². The van der Waals surface area contributed by atoms with Crippen molar-refractivity contribution in [3.8, 4) is 0 Å². The minimum Gasteiger partial charge on any atom is -0.379 e. The molecule has 1 unspecified atom stereocenters. The maximum atomic E-state index is 6.03. The van der Waals surface area contributed by atoms with Gasteiger partial charge in [0.2, 0.25) is 0 Å². The Hall–Kier alpha value is -0.940. The Bertz CT molecular complexity index is 625. The number of ether oxygens (including phenoxy) is 2. The average Bonchev–Trinajstić information content (AvgIpc) is 2.71. The van der Waals surface area contributed by atoms with Crippen LogP contribution in [0.4, 0.5) is 0 Å². The number of aliphatic imine (C=N–C) groups is 1. The number of hydrogen-bond acceptors (Lipinski definition) is 5. The first kappa shape index (κ1) is 24.3. The molecule has 1 atom stereocenters. The molecule has 2 aliphatic heterocycles. The first-order valence-electron chi connectivity index (χ1n) is 10.4. The second kappa shape index (κ2) is 13.4. The number of morpholine rings is 2. The quantitative estimate of drug-likeness (QED) is 0.237. The number of benzene rings is 1. The van der Waals surface area contributed by atoms with Gasteiger partial charge in [-0.15, -0.1) is 24.0 Å². The van der Waals surface area contributed by atoms with E-state index in [-0.39, 0.29) is 24.0 Å². The summed E-state index contributed by atoms with van der Waals surface area (Å²) in [5.74, 6) is 0.523. The van der Waals surface area contributed by atoms with E-state index >= 15 is 0 Å². The SMILES string of the molecule is CC1CN(Cc2cccc(CN=C(N)NCCCN3CCOCC3)c2)CCO1.I. The van der Waals surface area contributed by atoms with Gasteiger partial charge in [0.25, 0.3) is 0 Å². The number of rotatable bonds is 8. The summed E-state index contributed by atoms with van der Waals surface area (Å²) in [4.78, 5) is 9.37. The van der Waals surface area contributed by atoms with Gasteiger partial charge in [0.15, 0.2) is 5.96 Å². The molecule has 3 N–H and O–H groups in total. The van der Waals surface area contributed by atoms with Crippen LogP contribution in [0, 0.1) is 0 Å². The van der Waals surface area contributed by atoms with Crippen molar-refractivity contribution in [3.05, 3.63) is 35.4 Å². The van der Waals surface area contributed by atoms with Crippen molar-refractivity contribution in [3.63, 3.8) is 0 Å². The van der Waals surface area contributed by atoms with Gasteiger partial charge in [0.05, 0.1) is 32.5 Å². The molecule has 1 aromatic carbocycles. The fourth-order valence-electron chi connectivity index (χ4n) is 3.70. The summed E-state index contributed by atoms with van der Waals surface area (Å²) >= 11 is 0. The number of halogens is 1. The molecular weight excluding hydrogens is 481 g/mol. The molecule has 2 saturated heterocycles. The molecule has 164 valence electrons. The second-order valence-electron chi connectivity index (χ2n) is 7.67. The number of guanidine groups is 1. The Morgan fingerprint density at radius 3 is 2.72 bits per heavy atom. The Balaban J connectivity index is 0.00000300. The van der Waals surface area contributed by atoms with Crippen LogP contribution < -0.4 is 11.1 Å². The lowest BCUT2D eigenvalue weighted by Crippen LogP contribution is -2.40. The Morgan fingerprint density at radius 1 is 1.17 bits per heavy atom. The topological polar surface area (TPSA) is 75.4 Å². The molecule has 0 spiro atoms. The van der Waals surface area contributed by atoms with Crippen molar-refractivity contribution in [2.45, 2.75) is 32.5 Å². The van der Waals surface area contributed by atoms with Crippen LogP contribution in [-0.2, 0) is 22.6 Å². The van der Waals surface area contributed by atoms with Crippen LogP contribution >= 0.6 is 24.0 Å². The van der Waals surface area contributed by atoms with Gasteiger partial charge < -0.3 is 20.5 Å². The van der Waals surface area contributed by atoms with Crippen LogP contribution in [0.15, 0.2) is 29.3 Å². The summed E-state index contributed by atoms with van der Waals surface area (Å²) in [7, 11) is 0. The first-order chi connectivity index (χ1) is 13.7. The minimum atomic E-state index is 0. The van der Waals surface area contributed by atoms with E-state index in [1.807, 2.05) is 0 Å². The third-order valence-corrected chi connectivity index (χ3v) is 5.22. The Labute approximate surface area is 192 Å². The molecule has 1 aromatic rings. The zero-order valence-electron chi connectivity index (χ0n) is 17.5. The summed E-state index contributed by atoms with van der Waals surface area (Å²) in [5, 5.41) is 3.23. The van der Waals surface area contributed by atoms with Crippen LogP contribution in [-0.4, -0.2) is 81.0 Å². The Kier molecular flexibility index (Phi) is 11.2. The van der Waals surface area contributed by atoms with E-state index in [1.165, 1.54) is 11.1 Å². The highest BCUT2D eigenvalue weighted by atomic mass is 127. The molecule has 2 fully saturated rings. The smallest absolute Gasteiger partial charge is 0.188 e. The molecule has 2 heterocycles. The molecule has 0 aromatic heterocycles. The average molecular weight is 517 g/mol. The second-order valence-corrected chi connectivity index (χ2v) is 7.67. The molecule has 3 rings (SSSR count). The maximum Gasteiger partial charge on any atom is 0.188 e. The van der Waals surface area contributed by atoms with E-state index in [9.17, 15) is 0 Å². The van der Waals surface area contributed by atoms with Crippen LogP contribution in [0.3, 0.4) is 0 Å². The van der Waals surface area contributed by atoms with Crippen LogP contribution in [0.5, 0.6) is 0 Å². The molecule has 0 radical (unpaired) electrons. The number of nitrogens with one attached hydrogen (secondary N) is 1. The molecule has 7 nitrogen and oxygen atoms in total. The summed E-state index contributed by atoms with van der Waals surface area (Å²) in [6.07, 6.45) is 1.37. The maximum absolute atomic E-state index is 6.03. The summed E-state index contributed by atoms with van der Waals surface area (Å²) in [5.41, 5.74) is 8.54. The third kappa shape index (κ3) is 9.17. The molecule has 2 aliphatic rings. The molecule has 0 aliphatic carbocycles. The molecule has 0 amide bonds. The lowest BCUT2D eigenvalue weighted by Gasteiger charge is -2.31. The Morgan fingerprint density at radius 2 is 1.93 bits per heavy atom. The van der Waals surface area contributed by atoms with Gasteiger partial charge in [-0.1, -0.05) is 24.3 Å². The zero-order chi connectivity index (χ0) is 19.6. The highest BCUT2D eigenvalue weighted by Gasteiger charge is 2.16. The first-order valence-corrected chi connectivity index (χ1v) is 10.4. The van der Waals surface area contributed by atoms with Gasteiger partial charge in [-0.25, -0.2) is 4.99 Å². The summed E-state index contributed by atoms with van der Waals surface area (Å²) < 4.78 is 11.0. The predicted molar refractivity (Wildman–Crippen MR) is 128 cm³/mol. The molecule has 0 bridgehead atoms. The molecule has 8 heteroatoms. The lowest BCUT2D eigenvalue weighted by atomic mass is 10.1. The van der Waals surface area contributed by atoms with E-state index in [0.29, 0.717) is 18.6 Å².